The maximum atomic E-state index is 6.08. The Bertz CT molecular complexity index is 515. The van der Waals surface area contributed by atoms with Crippen molar-refractivity contribution in [3.8, 4) is 0 Å². The summed E-state index contributed by atoms with van der Waals surface area (Å²) in [5.74, 6) is -2.16. The maximum absolute atomic E-state index is 6.08. The lowest BCUT2D eigenvalue weighted by Crippen LogP contribution is -2.56. The van der Waals surface area contributed by atoms with Gasteiger partial charge in [-0.15, -0.1) is 0 Å². The lowest BCUT2D eigenvalue weighted by atomic mass is 9.99. The van der Waals surface area contributed by atoms with Crippen LogP contribution in [0.4, 0.5) is 0 Å². The molecule has 8 nitrogen and oxygen atoms in total. The molecule has 0 spiro atoms. The highest BCUT2D eigenvalue weighted by Gasteiger charge is 2.60. The standard InChI is InChI=1S/C18H30O8/c1-16(2)22-12-11(10-20-26-18(5)8-6-7-9-19-18)21-15-14(13(12)23-16)24-17(3,4)25-15/h11-15H,6-10H2,1-5H3/t11?,12-,13-,14-,15?,18?/m0/s1. The quantitative estimate of drug-likeness (QED) is 0.548. The second-order valence-corrected chi connectivity index (χ2v) is 8.52. The molecule has 4 fully saturated rings. The van der Waals surface area contributed by atoms with E-state index in [1.165, 1.54) is 0 Å². The maximum Gasteiger partial charge on any atom is 0.198 e. The molecule has 0 aromatic rings. The van der Waals surface area contributed by atoms with Crippen LogP contribution in [0.15, 0.2) is 0 Å². The summed E-state index contributed by atoms with van der Waals surface area (Å²) in [5.41, 5.74) is 0. The summed E-state index contributed by atoms with van der Waals surface area (Å²) in [4.78, 5) is 11.1. The topological polar surface area (TPSA) is 73.8 Å². The molecule has 0 saturated carbocycles. The minimum Gasteiger partial charge on any atom is -0.348 e. The molecule has 0 aromatic heterocycles. The van der Waals surface area contributed by atoms with E-state index in [1.807, 2.05) is 34.6 Å². The SMILES string of the molecule is CC1(C)OC2OC(COOC3(C)CCCCO3)[C@@H]3OC(C)(C)O[C@@H]3[C@@H]2O1. The van der Waals surface area contributed by atoms with Crippen molar-refractivity contribution in [3.05, 3.63) is 0 Å². The van der Waals surface area contributed by atoms with E-state index in [0.29, 0.717) is 6.61 Å². The van der Waals surface area contributed by atoms with Crippen LogP contribution >= 0.6 is 0 Å². The fraction of sp³-hybridized carbons (Fsp3) is 1.00. The fourth-order valence-corrected chi connectivity index (χ4v) is 4.03. The first-order chi connectivity index (χ1) is 12.2. The molecule has 4 aliphatic heterocycles. The van der Waals surface area contributed by atoms with E-state index >= 15 is 0 Å². The predicted molar refractivity (Wildman–Crippen MR) is 87.8 cm³/mol. The number of rotatable bonds is 4. The van der Waals surface area contributed by atoms with Crippen LogP contribution < -0.4 is 0 Å². The molecule has 0 aliphatic carbocycles. The molecule has 0 N–H and O–H groups in total. The van der Waals surface area contributed by atoms with E-state index in [0.717, 1.165) is 19.3 Å². The largest absolute Gasteiger partial charge is 0.348 e. The molecule has 150 valence electrons. The summed E-state index contributed by atoms with van der Waals surface area (Å²) in [5, 5.41) is 0. The number of ether oxygens (including phenoxy) is 6. The Labute approximate surface area is 154 Å². The van der Waals surface area contributed by atoms with Gasteiger partial charge in [-0.2, -0.15) is 0 Å². The molecule has 6 atom stereocenters. The second-order valence-electron chi connectivity index (χ2n) is 8.52. The van der Waals surface area contributed by atoms with Gasteiger partial charge in [0.2, 0.25) is 0 Å². The summed E-state index contributed by atoms with van der Waals surface area (Å²) in [6.07, 6.45) is 1.02. The van der Waals surface area contributed by atoms with Crippen LogP contribution in [0.5, 0.6) is 0 Å². The zero-order valence-corrected chi connectivity index (χ0v) is 16.2. The van der Waals surface area contributed by atoms with Crippen molar-refractivity contribution in [1.82, 2.24) is 0 Å². The van der Waals surface area contributed by atoms with Gasteiger partial charge in [-0.1, -0.05) is 0 Å². The van der Waals surface area contributed by atoms with Gasteiger partial charge in [0, 0.05) is 6.42 Å². The van der Waals surface area contributed by atoms with E-state index in [2.05, 4.69) is 0 Å². The highest BCUT2D eigenvalue weighted by molar-refractivity contribution is 4.99. The third-order valence-corrected chi connectivity index (χ3v) is 5.15. The summed E-state index contributed by atoms with van der Waals surface area (Å²) in [7, 11) is 0. The summed E-state index contributed by atoms with van der Waals surface area (Å²) < 4.78 is 35.8. The summed E-state index contributed by atoms with van der Waals surface area (Å²) in [6.45, 7) is 10.2. The Balaban J connectivity index is 1.41. The highest BCUT2D eigenvalue weighted by Crippen LogP contribution is 2.44. The average Bonchev–Trinajstić information content (AvgIpc) is 3.02. The Morgan fingerprint density at radius 1 is 0.846 bits per heavy atom. The minimum absolute atomic E-state index is 0.187. The molecule has 3 unspecified atom stereocenters. The first-order valence-electron chi connectivity index (χ1n) is 9.48. The van der Waals surface area contributed by atoms with Gasteiger partial charge in [-0.05, 0) is 47.5 Å². The van der Waals surface area contributed by atoms with Crippen LogP contribution in [-0.2, 0) is 38.2 Å². The van der Waals surface area contributed by atoms with Gasteiger partial charge in [0.05, 0.1) is 6.61 Å². The molecular weight excluding hydrogens is 344 g/mol. The first kappa shape index (κ1) is 19.0. The van der Waals surface area contributed by atoms with E-state index in [1.54, 1.807) is 0 Å². The van der Waals surface area contributed by atoms with Gasteiger partial charge in [0.15, 0.2) is 23.7 Å². The Morgan fingerprint density at radius 2 is 1.54 bits per heavy atom. The Morgan fingerprint density at radius 3 is 2.27 bits per heavy atom. The lowest BCUT2D eigenvalue weighted by Gasteiger charge is -2.37. The van der Waals surface area contributed by atoms with Gasteiger partial charge in [-0.3, -0.25) is 0 Å². The molecule has 26 heavy (non-hydrogen) atoms. The van der Waals surface area contributed by atoms with Gasteiger partial charge in [-0.25, -0.2) is 9.78 Å². The van der Waals surface area contributed by atoms with Crippen LogP contribution in [0, 0.1) is 0 Å². The molecule has 4 rings (SSSR count). The van der Waals surface area contributed by atoms with Crippen LogP contribution in [0.3, 0.4) is 0 Å². The van der Waals surface area contributed by atoms with Gasteiger partial charge < -0.3 is 28.4 Å². The molecule has 4 saturated heterocycles. The normalized spacial score (nSPS) is 46.7. The van der Waals surface area contributed by atoms with Crippen LogP contribution in [0.25, 0.3) is 0 Å². The van der Waals surface area contributed by atoms with Crippen LogP contribution in [-0.4, -0.2) is 61.3 Å². The van der Waals surface area contributed by atoms with E-state index in [-0.39, 0.29) is 24.9 Å². The molecule has 0 aromatic carbocycles. The average molecular weight is 374 g/mol. The molecular formula is C18H30O8. The molecule has 4 heterocycles. The van der Waals surface area contributed by atoms with Crippen molar-refractivity contribution in [2.24, 2.45) is 0 Å². The third kappa shape index (κ3) is 3.79. The number of fused-ring (bicyclic) bond motifs is 3. The predicted octanol–water partition coefficient (Wildman–Crippen LogP) is 2.25. The fourth-order valence-electron chi connectivity index (χ4n) is 4.03. The van der Waals surface area contributed by atoms with Crippen molar-refractivity contribution in [1.29, 1.82) is 0 Å². The first-order valence-corrected chi connectivity index (χ1v) is 9.48. The van der Waals surface area contributed by atoms with E-state index in [4.69, 9.17) is 38.2 Å². The molecule has 8 heteroatoms. The highest BCUT2D eigenvalue weighted by atomic mass is 17.2. The van der Waals surface area contributed by atoms with Crippen molar-refractivity contribution >= 4 is 0 Å². The van der Waals surface area contributed by atoms with Gasteiger partial charge in [0.25, 0.3) is 0 Å². The summed E-state index contributed by atoms with van der Waals surface area (Å²) >= 11 is 0. The number of hydrogen-bond donors (Lipinski definition) is 0. The monoisotopic (exact) mass is 374 g/mol. The Hall–Kier alpha value is -0.320. The molecule has 0 radical (unpaired) electrons. The van der Waals surface area contributed by atoms with Crippen LogP contribution in [0.2, 0.25) is 0 Å². The van der Waals surface area contributed by atoms with Crippen molar-refractivity contribution in [2.75, 3.05) is 13.2 Å². The van der Waals surface area contributed by atoms with Crippen molar-refractivity contribution in [2.45, 2.75) is 102 Å². The van der Waals surface area contributed by atoms with E-state index in [9.17, 15) is 0 Å². The van der Waals surface area contributed by atoms with Crippen molar-refractivity contribution < 1.29 is 38.2 Å². The van der Waals surface area contributed by atoms with Crippen LogP contribution in [0.1, 0.15) is 53.9 Å². The van der Waals surface area contributed by atoms with Crippen molar-refractivity contribution in [3.63, 3.8) is 0 Å². The smallest absolute Gasteiger partial charge is 0.198 e. The minimum atomic E-state index is -0.731. The number of hydrogen-bond acceptors (Lipinski definition) is 8. The Kier molecular flexibility index (Phi) is 4.85. The summed E-state index contributed by atoms with van der Waals surface area (Å²) in [6, 6.07) is 0. The van der Waals surface area contributed by atoms with Gasteiger partial charge >= 0.3 is 0 Å². The second kappa shape index (κ2) is 6.63. The van der Waals surface area contributed by atoms with Gasteiger partial charge in [0.1, 0.15) is 31.0 Å². The molecule has 0 amide bonds. The van der Waals surface area contributed by atoms with E-state index < -0.39 is 29.8 Å². The molecule has 0 bridgehead atoms. The zero-order chi connectivity index (χ0) is 18.6. The lowest BCUT2D eigenvalue weighted by molar-refractivity contribution is -0.439. The third-order valence-electron chi connectivity index (χ3n) is 5.15. The molecule has 4 aliphatic rings. The zero-order valence-electron chi connectivity index (χ0n) is 16.2.